The number of hydrogen-bond donors (Lipinski definition) is 2. The first-order valence-corrected chi connectivity index (χ1v) is 9.38. The van der Waals surface area contributed by atoms with E-state index in [0.717, 1.165) is 42.7 Å². The van der Waals surface area contributed by atoms with Crippen LogP contribution < -0.4 is 5.32 Å². The molecule has 1 unspecified atom stereocenters. The number of nitrogens with one attached hydrogen (secondary N) is 1. The molecule has 0 radical (unpaired) electrons. The van der Waals surface area contributed by atoms with Gasteiger partial charge < -0.3 is 10.4 Å². The third-order valence-corrected chi connectivity index (χ3v) is 6.04. The van der Waals surface area contributed by atoms with Crippen molar-refractivity contribution in [1.29, 1.82) is 0 Å². The number of hydrogen-bond acceptors (Lipinski definition) is 3. The number of carbonyl (C=O) groups excluding carboxylic acids is 1. The first-order valence-electron chi connectivity index (χ1n) is 8.50. The van der Waals surface area contributed by atoms with Gasteiger partial charge in [0, 0.05) is 11.4 Å². The van der Waals surface area contributed by atoms with E-state index in [1.807, 2.05) is 17.5 Å². The number of thiophene rings is 1. The van der Waals surface area contributed by atoms with Crippen LogP contribution in [0, 0.1) is 0 Å². The molecule has 1 aliphatic carbocycles. The fourth-order valence-corrected chi connectivity index (χ4v) is 4.47. The highest BCUT2D eigenvalue weighted by Crippen LogP contribution is 2.43. The van der Waals surface area contributed by atoms with Gasteiger partial charge in [-0.2, -0.15) is 13.2 Å². The average molecular weight is 383 g/mol. The Morgan fingerprint density at radius 1 is 1.19 bits per heavy atom. The van der Waals surface area contributed by atoms with Crippen LogP contribution in [0.1, 0.15) is 47.8 Å². The Bertz CT molecular complexity index is 735. The van der Waals surface area contributed by atoms with Crippen LogP contribution in [0.4, 0.5) is 13.2 Å². The smallest absolute Gasteiger partial charge is 0.387 e. The lowest BCUT2D eigenvalue weighted by molar-refractivity contribution is -0.137. The summed E-state index contributed by atoms with van der Waals surface area (Å²) >= 11 is 1.55. The van der Waals surface area contributed by atoms with Crippen LogP contribution >= 0.6 is 11.3 Å². The molecule has 0 bridgehead atoms. The maximum Gasteiger partial charge on any atom is 0.416 e. The van der Waals surface area contributed by atoms with E-state index in [1.54, 1.807) is 11.3 Å². The highest BCUT2D eigenvalue weighted by molar-refractivity contribution is 7.10. The van der Waals surface area contributed by atoms with Crippen molar-refractivity contribution in [2.75, 3.05) is 6.54 Å². The minimum Gasteiger partial charge on any atom is -0.387 e. The van der Waals surface area contributed by atoms with Crippen LogP contribution in [0.25, 0.3) is 0 Å². The van der Waals surface area contributed by atoms with Gasteiger partial charge in [-0.3, -0.25) is 4.79 Å². The quantitative estimate of drug-likeness (QED) is 0.803. The molecule has 1 fully saturated rings. The summed E-state index contributed by atoms with van der Waals surface area (Å²) in [4.78, 5) is 13.8. The van der Waals surface area contributed by atoms with Crippen molar-refractivity contribution in [1.82, 2.24) is 5.32 Å². The number of halogens is 3. The van der Waals surface area contributed by atoms with E-state index in [-0.39, 0.29) is 12.5 Å². The second-order valence-electron chi connectivity index (χ2n) is 6.61. The molecule has 1 atom stereocenters. The van der Waals surface area contributed by atoms with E-state index in [4.69, 9.17) is 0 Å². The predicted octanol–water partition coefficient (Wildman–Crippen LogP) is 4.43. The highest BCUT2D eigenvalue weighted by atomic mass is 32.1. The van der Waals surface area contributed by atoms with Gasteiger partial charge in [-0.05, 0) is 42.0 Å². The van der Waals surface area contributed by atoms with Gasteiger partial charge in [0.2, 0.25) is 5.91 Å². The van der Waals surface area contributed by atoms with Crippen molar-refractivity contribution in [3.63, 3.8) is 0 Å². The molecule has 26 heavy (non-hydrogen) atoms. The first kappa shape index (κ1) is 18.9. The summed E-state index contributed by atoms with van der Waals surface area (Å²) in [5.41, 5.74) is -0.969. The van der Waals surface area contributed by atoms with Gasteiger partial charge in [-0.15, -0.1) is 11.3 Å². The van der Waals surface area contributed by atoms with E-state index in [0.29, 0.717) is 5.56 Å². The minimum absolute atomic E-state index is 0.0304. The topological polar surface area (TPSA) is 49.3 Å². The third-order valence-electron chi connectivity index (χ3n) is 4.96. The first-order chi connectivity index (χ1) is 12.3. The zero-order chi connectivity index (χ0) is 18.8. The molecular formula is C19H20F3NO2S. The van der Waals surface area contributed by atoms with E-state index < -0.39 is 23.3 Å². The molecule has 7 heteroatoms. The SMILES string of the molecule is O=C(NCC(O)c1ccc(C(F)(F)F)cc1)C1(c2cccs2)CCCC1. The fraction of sp³-hybridized carbons (Fsp3) is 0.421. The zero-order valence-electron chi connectivity index (χ0n) is 14.1. The summed E-state index contributed by atoms with van der Waals surface area (Å²) < 4.78 is 37.8. The largest absolute Gasteiger partial charge is 0.416 e. The summed E-state index contributed by atoms with van der Waals surface area (Å²) in [5.74, 6) is -0.122. The second-order valence-corrected chi connectivity index (χ2v) is 7.56. The van der Waals surface area contributed by atoms with Crippen molar-refractivity contribution < 1.29 is 23.1 Å². The number of rotatable bonds is 5. The molecule has 1 heterocycles. The number of alkyl halides is 3. The monoisotopic (exact) mass is 383 g/mol. The molecule has 2 aromatic rings. The van der Waals surface area contributed by atoms with Crippen LogP contribution in [0.5, 0.6) is 0 Å². The molecule has 1 aromatic carbocycles. The van der Waals surface area contributed by atoms with Crippen molar-refractivity contribution in [2.45, 2.75) is 43.4 Å². The van der Waals surface area contributed by atoms with Crippen LogP contribution in [-0.4, -0.2) is 17.6 Å². The molecule has 1 aromatic heterocycles. The molecule has 140 valence electrons. The Balaban J connectivity index is 1.65. The Morgan fingerprint density at radius 3 is 2.38 bits per heavy atom. The van der Waals surface area contributed by atoms with Gasteiger partial charge in [-0.25, -0.2) is 0 Å². The fourth-order valence-electron chi connectivity index (χ4n) is 3.49. The lowest BCUT2D eigenvalue weighted by Gasteiger charge is -2.27. The van der Waals surface area contributed by atoms with Gasteiger partial charge in [0.25, 0.3) is 0 Å². The normalized spacial score (nSPS) is 17.8. The maximum absolute atomic E-state index is 12.8. The van der Waals surface area contributed by atoms with E-state index >= 15 is 0 Å². The Hall–Kier alpha value is -1.86. The highest BCUT2D eigenvalue weighted by Gasteiger charge is 2.43. The van der Waals surface area contributed by atoms with Crippen molar-refractivity contribution >= 4 is 17.2 Å². The van der Waals surface area contributed by atoms with Gasteiger partial charge in [0.15, 0.2) is 0 Å². The molecule has 1 saturated carbocycles. The number of carbonyl (C=O) groups is 1. The molecule has 0 saturated heterocycles. The summed E-state index contributed by atoms with van der Waals surface area (Å²) in [6, 6.07) is 8.23. The maximum atomic E-state index is 12.8. The molecule has 0 spiro atoms. The second kappa shape index (κ2) is 7.40. The Kier molecular flexibility index (Phi) is 5.39. The lowest BCUT2D eigenvalue weighted by Crippen LogP contribution is -2.43. The van der Waals surface area contributed by atoms with Gasteiger partial charge >= 0.3 is 6.18 Å². The summed E-state index contributed by atoms with van der Waals surface area (Å²) in [5, 5.41) is 15.0. The summed E-state index contributed by atoms with van der Waals surface area (Å²) in [7, 11) is 0. The molecule has 3 nitrogen and oxygen atoms in total. The number of aliphatic hydroxyl groups is 1. The van der Waals surface area contributed by atoms with Crippen molar-refractivity contribution in [3.05, 3.63) is 57.8 Å². The van der Waals surface area contributed by atoms with E-state index in [9.17, 15) is 23.1 Å². The van der Waals surface area contributed by atoms with Crippen LogP contribution in [0.3, 0.4) is 0 Å². The van der Waals surface area contributed by atoms with E-state index in [1.165, 1.54) is 12.1 Å². The minimum atomic E-state index is -4.41. The number of aliphatic hydroxyl groups excluding tert-OH is 1. The summed E-state index contributed by atoms with van der Waals surface area (Å²) in [6.07, 6.45) is -1.96. The summed E-state index contributed by atoms with van der Waals surface area (Å²) in [6.45, 7) is -0.0304. The third kappa shape index (κ3) is 3.78. The van der Waals surface area contributed by atoms with Gasteiger partial charge in [-0.1, -0.05) is 31.0 Å². The zero-order valence-corrected chi connectivity index (χ0v) is 14.9. The molecule has 3 rings (SSSR count). The molecule has 0 aliphatic heterocycles. The average Bonchev–Trinajstić information content (AvgIpc) is 3.30. The van der Waals surface area contributed by atoms with Gasteiger partial charge in [0.05, 0.1) is 17.1 Å². The van der Waals surface area contributed by atoms with Crippen molar-refractivity contribution in [2.24, 2.45) is 0 Å². The molecular weight excluding hydrogens is 363 g/mol. The van der Waals surface area contributed by atoms with Crippen LogP contribution in [0.2, 0.25) is 0 Å². The number of benzene rings is 1. The predicted molar refractivity (Wildman–Crippen MR) is 93.9 cm³/mol. The molecule has 1 aliphatic rings. The Labute approximate surface area is 153 Å². The lowest BCUT2D eigenvalue weighted by atomic mass is 9.83. The molecule has 2 N–H and O–H groups in total. The van der Waals surface area contributed by atoms with Crippen LogP contribution in [0.15, 0.2) is 41.8 Å². The van der Waals surface area contributed by atoms with Crippen LogP contribution in [-0.2, 0) is 16.4 Å². The van der Waals surface area contributed by atoms with E-state index in [2.05, 4.69) is 5.32 Å². The number of amides is 1. The Morgan fingerprint density at radius 2 is 1.85 bits per heavy atom. The van der Waals surface area contributed by atoms with Crippen molar-refractivity contribution in [3.8, 4) is 0 Å². The van der Waals surface area contributed by atoms with Gasteiger partial charge in [0.1, 0.15) is 0 Å². The molecule has 1 amide bonds. The standard InChI is InChI=1S/C19H20F3NO2S/c20-19(21,22)14-7-5-13(6-8-14)15(24)12-23-17(25)18(9-1-2-10-18)16-4-3-11-26-16/h3-8,11,15,24H,1-2,9-10,12H2,(H,23,25).